The first-order valence-electron chi connectivity index (χ1n) is 4.63. The van der Waals surface area contributed by atoms with Crippen molar-refractivity contribution >= 4 is 5.95 Å². The fourth-order valence-corrected chi connectivity index (χ4v) is 1.12. The Morgan fingerprint density at radius 2 is 2.33 bits per heavy atom. The molecule has 2 aromatic rings. The Morgan fingerprint density at radius 1 is 1.40 bits per heavy atom. The number of hydrogen-bond acceptors (Lipinski definition) is 6. The molecule has 6 heteroatoms. The topological polar surface area (TPSA) is 76.7 Å². The summed E-state index contributed by atoms with van der Waals surface area (Å²) in [6.45, 7) is 2.59. The summed E-state index contributed by atoms with van der Waals surface area (Å²) < 4.78 is 4.85. The molecule has 0 bridgehead atoms. The zero-order valence-corrected chi connectivity index (χ0v) is 8.34. The van der Waals surface area contributed by atoms with Crippen LogP contribution in [0.5, 0.6) is 0 Å². The van der Waals surface area contributed by atoms with Gasteiger partial charge in [0, 0.05) is 24.9 Å². The highest BCUT2D eigenvalue weighted by Gasteiger charge is 1.99. The molecule has 2 aromatic heterocycles. The zero-order chi connectivity index (χ0) is 10.5. The van der Waals surface area contributed by atoms with Crippen molar-refractivity contribution in [3.63, 3.8) is 0 Å². The van der Waals surface area contributed by atoms with Gasteiger partial charge in [0.05, 0.1) is 0 Å². The molecule has 78 valence electrons. The van der Waals surface area contributed by atoms with Crippen molar-refractivity contribution in [2.45, 2.75) is 13.3 Å². The summed E-state index contributed by atoms with van der Waals surface area (Å²) in [5, 5.41) is 6.59. The van der Waals surface area contributed by atoms with E-state index in [1.165, 1.54) is 6.33 Å². The van der Waals surface area contributed by atoms with Gasteiger partial charge in [-0.05, 0) is 13.0 Å². The Labute approximate surface area is 86.8 Å². The van der Waals surface area contributed by atoms with Crippen LogP contribution < -0.4 is 5.32 Å². The Hall–Kier alpha value is -1.98. The van der Waals surface area contributed by atoms with Gasteiger partial charge in [-0.2, -0.15) is 4.98 Å². The molecular weight excluding hydrogens is 194 g/mol. The van der Waals surface area contributed by atoms with Gasteiger partial charge in [0.25, 0.3) is 0 Å². The van der Waals surface area contributed by atoms with Gasteiger partial charge in [0.1, 0.15) is 0 Å². The van der Waals surface area contributed by atoms with Gasteiger partial charge in [-0.25, -0.2) is 9.97 Å². The third-order valence-corrected chi connectivity index (χ3v) is 1.82. The molecule has 2 heterocycles. The predicted molar refractivity (Wildman–Crippen MR) is 53.3 cm³/mol. The number of rotatable bonds is 4. The fraction of sp³-hybridized carbons (Fsp3) is 0.333. The van der Waals surface area contributed by atoms with E-state index in [9.17, 15) is 0 Å². The summed E-state index contributed by atoms with van der Waals surface area (Å²) in [4.78, 5) is 12.2. The van der Waals surface area contributed by atoms with Gasteiger partial charge in [0.15, 0.2) is 6.33 Å². The Bertz CT molecular complexity index is 414. The minimum Gasteiger partial charge on any atom is -0.354 e. The molecule has 0 fully saturated rings. The van der Waals surface area contributed by atoms with Crippen molar-refractivity contribution in [3.8, 4) is 0 Å². The van der Waals surface area contributed by atoms with Crippen molar-refractivity contribution in [1.82, 2.24) is 20.1 Å². The molecule has 0 saturated carbocycles. The summed E-state index contributed by atoms with van der Waals surface area (Å²) in [6.07, 6.45) is 3.77. The maximum absolute atomic E-state index is 4.85. The second kappa shape index (κ2) is 4.50. The van der Waals surface area contributed by atoms with E-state index in [-0.39, 0.29) is 0 Å². The lowest BCUT2D eigenvalue weighted by molar-refractivity contribution is 0.379. The molecule has 0 amide bonds. The molecule has 2 rings (SSSR count). The molecule has 1 N–H and O–H groups in total. The molecule has 0 aromatic carbocycles. The molecule has 15 heavy (non-hydrogen) atoms. The van der Waals surface area contributed by atoms with Gasteiger partial charge >= 0.3 is 0 Å². The van der Waals surface area contributed by atoms with Crippen LogP contribution in [0.1, 0.15) is 11.6 Å². The Morgan fingerprint density at radius 3 is 3.07 bits per heavy atom. The standard InChI is InChI=1S/C9H11N5O/c1-7-2-4-10-9(14-7)11-5-3-8-12-6-13-15-8/h2,4,6H,3,5H2,1H3,(H,10,11,14). The van der Waals surface area contributed by atoms with Gasteiger partial charge < -0.3 is 9.84 Å². The fourth-order valence-electron chi connectivity index (χ4n) is 1.12. The van der Waals surface area contributed by atoms with Crippen molar-refractivity contribution in [1.29, 1.82) is 0 Å². The van der Waals surface area contributed by atoms with E-state index < -0.39 is 0 Å². The minimum atomic E-state index is 0.607. The number of aromatic nitrogens is 4. The lowest BCUT2D eigenvalue weighted by Crippen LogP contribution is -2.08. The van der Waals surface area contributed by atoms with Gasteiger partial charge in [-0.15, -0.1) is 0 Å². The first-order valence-corrected chi connectivity index (χ1v) is 4.63. The van der Waals surface area contributed by atoms with E-state index in [4.69, 9.17) is 4.52 Å². The Balaban J connectivity index is 1.83. The average Bonchev–Trinajstić information content (AvgIpc) is 2.71. The first-order chi connectivity index (χ1) is 7.34. The Kier molecular flexibility index (Phi) is 2.87. The lowest BCUT2D eigenvalue weighted by atomic mass is 10.4. The lowest BCUT2D eigenvalue weighted by Gasteiger charge is -2.02. The molecule has 6 nitrogen and oxygen atoms in total. The van der Waals surface area contributed by atoms with Crippen LogP contribution in [0.15, 0.2) is 23.1 Å². The van der Waals surface area contributed by atoms with Crippen LogP contribution in [-0.2, 0) is 6.42 Å². The molecule has 0 saturated heterocycles. The van der Waals surface area contributed by atoms with E-state index in [1.54, 1.807) is 6.20 Å². The summed E-state index contributed by atoms with van der Waals surface area (Å²) in [5.74, 6) is 1.23. The smallest absolute Gasteiger partial charge is 0.228 e. The van der Waals surface area contributed by atoms with Gasteiger partial charge in [-0.1, -0.05) is 5.16 Å². The number of nitrogens with zero attached hydrogens (tertiary/aromatic N) is 4. The normalized spacial score (nSPS) is 10.2. The second-order valence-corrected chi connectivity index (χ2v) is 3.03. The number of aryl methyl sites for hydroxylation is 1. The van der Waals surface area contributed by atoms with E-state index in [2.05, 4.69) is 25.4 Å². The van der Waals surface area contributed by atoms with Gasteiger partial charge in [-0.3, -0.25) is 0 Å². The SMILES string of the molecule is Cc1ccnc(NCCc2ncno2)n1. The monoisotopic (exact) mass is 205 g/mol. The van der Waals surface area contributed by atoms with E-state index in [0.717, 1.165) is 5.69 Å². The third kappa shape index (κ3) is 2.73. The molecule has 0 aliphatic rings. The van der Waals surface area contributed by atoms with Crippen molar-refractivity contribution in [2.75, 3.05) is 11.9 Å². The van der Waals surface area contributed by atoms with Crippen molar-refractivity contribution < 1.29 is 4.52 Å². The summed E-state index contributed by atoms with van der Waals surface area (Å²) >= 11 is 0. The molecule has 0 aliphatic carbocycles. The highest BCUT2D eigenvalue weighted by molar-refractivity contribution is 5.24. The highest BCUT2D eigenvalue weighted by Crippen LogP contribution is 1.99. The molecule has 0 aliphatic heterocycles. The molecule has 0 unspecified atom stereocenters. The van der Waals surface area contributed by atoms with E-state index in [1.807, 2.05) is 13.0 Å². The molecule has 0 spiro atoms. The van der Waals surface area contributed by atoms with Crippen LogP contribution in [0.25, 0.3) is 0 Å². The average molecular weight is 205 g/mol. The van der Waals surface area contributed by atoms with Crippen LogP contribution >= 0.6 is 0 Å². The van der Waals surface area contributed by atoms with Crippen LogP contribution in [0.3, 0.4) is 0 Å². The number of anilines is 1. The predicted octanol–water partition coefficient (Wildman–Crippen LogP) is 0.823. The van der Waals surface area contributed by atoms with Crippen LogP contribution in [0.2, 0.25) is 0 Å². The van der Waals surface area contributed by atoms with E-state index in [0.29, 0.717) is 24.8 Å². The quantitative estimate of drug-likeness (QED) is 0.796. The number of hydrogen-bond donors (Lipinski definition) is 1. The zero-order valence-electron chi connectivity index (χ0n) is 8.34. The van der Waals surface area contributed by atoms with Crippen LogP contribution in [-0.4, -0.2) is 26.7 Å². The maximum atomic E-state index is 4.85. The van der Waals surface area contributed by atoms with E-state index >= 15 is 0 Å². The molecular formula is C9H11N5O. The third-order valence-electron chi connectivity index (χ3n) is 1.82. The van der Waals surface area contributed by atoms with Crippen LogP contribution in [0, 0.1) is 6.92 Å². The summed E-state index contributed by atoms with van der Waals surface area (Å²) in [5.41, 5.74) is 0.935. The summed E-state index contributed by atoms with van der Waals surface area (Å²) in [7, 11) is 0. The second-order valence-electron chi connectivity index (χ2n) is 3.03. The first kappa shape index (κ1) is 9.57. The van der Waals surface area contributed by atoms with Crippen molar-refractivity contribution in [2.24, 2.45) is 0 Å². The minimum absolute atomic E-state index is 0.607. The molecule has 0 atom stereocenters. The maximum Gasteiger partial charge on any atom is 0.228 e. The highest BCUT2D eigenvalue weighted by atomic mass is 16.5. The largest absolute Gasteiger partial charge is 0.354 e. The molecule has 0 radical (unpaired) electrons. The summed E-state index contributed by atoms with van der Waals surface area (Å²) in [6, 6.07) is 1.85. The van der Waals surface area contributed by atoms with Gasteiger partial charge in [0.2, 0.25) is 11.8 Å². The van der Waals surface area contributed by atoms with Crippen molar-refractivity contribution in [3.05, 3.63) is 30.2 Å². The van der Waals surface area contributed by atoms with Crippen LogP contribution in [0.4, 0.5) is 5.95 Å². The number of nitrogens with one attached hydrogen (secondary N) is 1.